The first kappa shape index (κ1) is 17.6. The lowest BCUT2D eigenvalue weighted by Crippen LogP contribution is -2.48. The van der Waals surface area contributed by atoms with Gasteiger partial charge in [-0.05, 0) is 53.0 Å². The molecule has 128 valence electrons. The molecule has 1 aromatic rings. The van der Waals surface area contributed by atoms with E-state index >= 15 is 0 Å². The van der Waals surface area contributed by atoms with Crippen molar-refractivity contribution in [2.45, 2.75) is 70.7 Å². The molecule has 5 nitrogen and oxygen atoms in total. The van der Waals surface area contributed by atoms with Gasteiger partial charge in [0.2, 0.25) is 0 Å². The Kier molecular flexibility index (Phi) is 5.52. The standard InChI is InChI=1S/C18H28N2O3/c1-12(13-8-5-6-11-16(13)21)19-14-9-7-10-15(14)20-17(22)23-18(2,3)4/h5-6,8,11-12,14-15,19,21H,7,9-10H2,1-4H3,(H,20,22). The van der Waals surface area contributed by atoms with Gasteiger partial charge in [-0.1, -0.05) is 18.2 Å². The fourth-order valence-corrected chi connectivity index (χ4v) is 3.06. The predicted octanol–water partition coefficient (Wildman–Crippen LogP) is 3.49. The van der Waals surface area contributed by atoms with Gasteiger partial charge in [-0.25, -0.2) is 4.79 Å². The van der Waals surface area contributed by atoms with Crippen LogP contribution in [-0.2, 0) is 4.74 Å². The third-order valence-corrected chi connectivity index (χ3v) is 4.09. The van der Waals surface area contributed by atoms with Gasteiger partial charge < -0.3 is 20.5 Å². The molecular weight excluding hydrogens is 292 g/mol. The second-order valence-corrected chi connectivity index (χ2v) is 7.24. The molecule has 3 atom stereocenters. The van der Waals surface area contributed by atoms with Gasteiger partial charge in [-0.3, -0.25) is 0 Å². The van der Waals surface area contributed by atoms with Gasteiger partial charge in [0.1, 0.15) is 11.4 Å². The number of hydrogen-bond acceptors (Lipinski definition) is 4. The van der Waals surface area contributed by atoms with Gasteiger partial charge in [0.25, 0.3) is 0 Å². The maximum atomic E-state index is 12.0. The summed E-state index contributed by atoms with van der Waals surface area (Å²) in [6, 6.07) is 7.58. The van der Waals surface area contributed by atoms with E-state index in [1.54, 1.807) is 6.07 Å². The highest BCUT2D eigenvalue weighted by atomic mass is 16.6. The number of nitrogens with one attached hydrogen (secondary N) is 2. The number of carbonyl (C=O) groups is 1. The molecule has 23 heavy (non-hydrogen) atoms. The molecule has 1 aliphatic rings. The lowest BCUT2D eigenvalue weighted by atomic mass is 10.0. The van der Waals surface area contributed by atoms with Crippen molar-refractivity contribution in [1.29, 1.82) is 0 Å². The van der Waals surface area contributed by atoms with E-state index in [0.29, 0.717) is 5.75 Å². The van der Waals surface area contributed by atoms with Crippen LogP contribution in [0.25, 0.3) is 0 Å². The van der Waals surface area contributed by atoms with Crippen LogP contribution in [0.4, 0.5) is 4.79 Å². The molecule has 1 aromatic carbocycles. The number of aromatic hydroxyl groups is 1. The Morgan fingerprint density at radius 2 is 1.91 bits per heavy atom. The van der Waals surface area contributed by atoms with Crippen molar-refractivity contribution >= 4 is 6.09 Å². The number of phenolic OH excluding ortho intramolecular Hbond substituents is 1. The quantitative estimate of drug-likeness (QED) is 0.794. The molecule has 5 heteroatoms. The smallest absolute Gasteiger partial charge is 0.407 e. The summed E-state index contributed by atoms with van der Waals surface area (Å²) in [5, 5.41) is 16.5. The third kappa shape index (κ3) is 5.13. The summed E-state index contributed by atoms with van der Waals surface area (Å²) in [5.41, 5.74) is 0.379. The summed E-state index contributed by atoms with van der Waals surface area (Å²) in [6.07, 6.45) is 2.63. The van der Waals surface area contributed by atoms with Crippen LogP contribution < -0.4 is 10.6 Å². The molecule has 1 amide bonds. The summed E-state index contributed by atoms with van der Waals surface area (Å²) >= 11 is 0. The number of hydrogen-bond donors (Lipinski definition) is 3. The van der Waals surface area contributed by atoms with Crippen molar-refractivity contribution in [3.05, 3.63) is 29.8 Å². The molecule has 0 heterocycles. The monoisotopic (exact) mass is 320 g/mol. The number of para-hydroxylation sites is 1. The number of ether oxygens (including phenoxy) is 1. The summed E-state index contributed by atoms with van der Waals surface area (Å²) in [6.45, 7) is 7.60. The van der Waals surface area contributed by atoms with Crippen molar-refractivity contribution in [3.8, 4) is 5.75 Å². The molecule has 0 aliphatic heterocycles. The van der Waals surface area contributed by atoms with E-state index in [0.717, 1.165) is 24.8 Å². The Morgan fingerprint density at radius 1 is 1.26 bits per heavy atom. The molecule has 0 radical (unpaired) electrons. The fraction of sp³-hybridized carbons (Fsp3) is 0.611. The van der Waals surface area contributed by atoms with E-state index in [9.17, 15) is 9.90 Å². The van der Waals surface area contributed by atoms with Gasteiger partial charge in [0, 0.05) is 23.7 Å². The Morgan fingerprint density at radius 3 is 2.57 bits per heavy atom. The summed E-state index contributed by atoms with van der Waals surface area (Å²) in [4.78, 5) is 12.0. The van der Waals surface area contributed by atoms with Crippen molar-refractivity contribution in [2.75, 3.05) is 0 Å². The van der Waals surface area contributed by atoms with Crippen LogP contribution in [0, 0.1) is 0 Å². The first-order chi connectivity index (χ1) is 10.8. The van der Waals surface area contributed by atoms with Crippen molar-refractivity contribution in [2.24, 2.45) is 0 Å². The number of benzene rings is 1. The van der Waals surface area contributed by atoms with Crippen LogP contribution in [0.3, 0.4) is 0 Å². The SMILES string of the molecule is CC(NC1CCCC1NC(=O)OC(C)(C)C)c1ccccc1O. The first-order valence-electron chi connectivity index (χ1n) is 8.30. The average Bonchev–Trinajstić information content (AvgIpc) is 2.84. The van der Waals surface area contributed by atoms with Crippen LogP contribution in [0.5, 0.6) is 5.75 Å². The molecule has 2 rings (SSSR count). The van der Waals surface area contributed by atoms with Crippen LogP contribution >= 0.6 is 0 Å². The minimum atomic E-state index is -0.491. The van der Waals surface area contributed by atoms with Gasteiger partial charge in [-0.2, -0.15) is 0 Å². The highest BCUT2D eigenvalue weighted by molar-refractivity contribution is 5.68. The van der Waals surface area contributed by atoms with Crippen LogP contribution in [0.15, 0.2) is 24.3 Å². The molecule has 3 unspecified atom stereocenters. The second-order valence-electron chi connectivity index (χ2n) is 7.24. The number of phenols is 1. The average molecular weight is 320 g/mol. The number of carbonyl (C=O) groups excluding carboxylic acids is 1. The van der Waals surface area contributed by atoms with Gasteiger partial charge in [-0.15, -0.1) is 0 Å². The Bertz CT molecular complexity index is 539. The zero-order valence-corrected chi connectivity index (χ0v) is 14.4. The normalized spacial score (nSPS) is 22.6. The second kappa shape index (κ2) is 7.21. The van der Waals surface area contributed by atoms with E-state index in [-0.39, 0.29) is 24.2 Å². The van der Waals surface area contributed by atoms with Gasteiger partial charge in [0.15, 0.2) is 0 Å². The first-order valence-corrected chi connectivity index (χ1v) is 8.30. The van der Waals surface area contributed by atoms with E-state index in [1.807, 2.05) is 45.9 Å². The lowest BCUT2D eigenvalue weighted by molar-refractivity contribution is 0.0497. The maximum absolute atomic E-state index is 12.0. The van der Waals surface area contributed by atoms with E-state index in [2.05, 4.69) is 10.6 Å². The summed E-state index contributed by atoms with van der Waals surface area (Å²) < 4.78 is 5.34. The highest BCUT2D eigenvalue weighted by Gasteiger charge is 2.31. The Balaban J connectivity index is 1.94. The Hall–Kier alpha value is -1.75. The van der Waals surface area contributed by atoms with E-state index < -0.39 is 5.60 Å². The van der Waals surface area contributed by atoms with Crippen molar-refractivity contribution in [3.63, 3.8) is 0 Å². The maximum Gasteiger partial charge on any atom is 0.407 e. The van der Waals surface area contributed by atoms with Crippen LogP contribution in [0.1, 0.15) is 58.6 Å². The molecule has 0 aromatic heterocycles. The summed E-state index contributed by atoms with van der Waals surface area (Å²) in [5.74, 6) is 0.294. The molecule has 0 spiro atoms. The number of rotatable bonds is 4. The molecule has 0 bridgehead atoms. The number of amides is 1. The van der Waals surface area contributed by atoms with Crippen LogP contribution in [0.2, 0.25) is 0 Å². The highest BCUT2D eigenvalue weighted by Crippen LogP contribution is 2.27. The van der Waals surface area contributed by atoms with Gasteiger partial charge in [0.05, 0.1) is 0 Å². The minimum absolute atomic E-state index is 0.0160. The minimum Gasteiger partial charge on any atom is -0.508 e. The lowest BCUT2D eigenvalue weighted by Gasteiger charge is -2.27. The van der Waals surface area contributed by atoms with E-state index in [4.69, 9.17) is 4.74 Å². The molecule has 1 fully saturated rings. The van der Waals surface area contributed by atoms with Gasteiger partial charge >= 0.3 is 6.09 Å². The van der Waals surface area contributed by atoms with E-state index in [1.165, 1.54) is 0 Å². The molecule has 1 aliphatic carbocycles. The largest absolute Gasteiger partial charge is 0.508 e. The Labute approximate surface area is 138 Å². The van der Waals surface area contributed by atoms with Crippen molar-refractivity contribution < 1.29 is 14.6 Å². The molecule has 0 saturated heterocycles. The molecule has 1 saturated carbocycles. The fourth-order valence-electron chi connectivity index (χ4n) is 3.06. The molecular formula is C18H28N2O3. The topological polar surface area (TPSA) is 70.6 Å². The molecule has 3 N–H and O–H groups in total. The summed E-state index contributed by atoms with van der Waals surface area (Å²) in [7, 11) is 0. The zero-order valence-electron chi connectivity index (χ0n) is 14.4. The van der Waals surface area contributed by atoms with Crippen LogP contribution in [-0.4, -0.2) is 28.9 Å². The van der Waals surface area contributed by atoms with Crippen molar-refractivity contribution in [1.82, 2.24) is 10.6 Å². The predicted molar refractivity (Wildman–Crippen MR) is 90.5 cm³/mol. The third-order valence-electron chi connectivity index (χ3n) is 4.09. The number of alkyl carbamates (subject to hydrolysis) is 1. The zero-order chi connectivity index (χ0) is 17.0.